The van der Waals surface area contributed by atoms with E-state index in [1.54, 1.807) is 0 Å². The van der Waals surface area contributed by atoms with Crippen LogP contribution in [0.25, 0.3) is 0 Å². The summed E-state index contributed by atoms with van der Waals surface area (Å²) < 4.78 is 0. The Morgan fingerprint density at radius 1 is 1.12 bits per heavy atom. The fraction of sp³-hybridized carbons (Fsp3) is 0.923. The van der Waals surface area contributed by atoms with Crippen molar-refractivity contribution in [2.45, 2.75) is 65.4 Å². The quantitative estimate of drug-likeness (QED) is 0.640. The molecule has 0 aliphatic rings. The van der Waals surface area contributed by atoms with Crippen LogP contribution in [0, 0.1) is 11.8 Å². The van der Waals surface area contributed by atoms with E-state index in [0.29, 0.717) is 19.3 Å². The number of hydrogen-bond acceptors (Lipinski definition) is 2. The molecule has 0 radical (unpaired) electrons. The van der Waals surface area contributed by atoms with Crippen LogP contribution in [0.1, 0.15) is 59.3 Å². The van der Waals surface area contributed by atoms with E-state index in [4.69, 9.17) is 5.11 Å². The van der Waals surface area contributed by atoms with Crippen molar-refractivity contribution in [3.8, 4) is 0 Å². The highest BCUT2D eigenvalue weighted by Gasteiger charge is 2.25. The van der Waals surface area contributed by atoms with Crippen LogP contribution in [0.5, 0.6) is 0 Å². The number of hydrogen-bond donors (Lipinski definition) is 2. The molecule has 0 spiro atoms. The molecule has 0 heterocycles. The first-order chi connectivity index (χ1) is 7.56. The van der Waals surface area contributed by atoms with E-state index in [9.17, 15) is 9.90 Å². The van der Waals surface area contributed by atoms with Crippen molar-refractivity contribution in [1.82, 2.24) is 0 Å². The van der Waals surface area contributed by atoms with Crippen molar-refractivity contribution in [1.29, 1.82) is 0 Å². The van der Waals surface area contributed by atoms with E-state index in [2.05, 4.69) is 6.92 Å². The van der Waals surface area contributed by atoms with Crippen LogP contribution in [0.4, 0.5) is 0 Å². The number of carboxylic acids is 1. The van der Waals surface area contributed by atoms with Gasteiger partial charge in [0, 0.05) is 0 Å². The summed E-state index contributed by atoms with van der Waals surface area (Å²) in [5.41, 5.74) is 0. The Balaban J connectivity index is 4.37. The van der Waals surface area contributed by atoms with Gasteiger partial charge >= 0.3 is 5.97 Å². The maximum Gasteiger partial charge on any atom is 0.306 e. The van der Waals surface area contributed by atoms with Gasteiger partial charge in [-0.25, -0.2) is 0 Å². The summed E-state index contributed by atoms with van der Waals surface area (Å²) in [6, 6.07) is 0. The van der Waals surface area contributed by atoms with Crippen LogP contribution >= 0.6 is 0 Å². The minimum atomic E-state index is -0.716. The molecule has 0 aromatic carbocycles. The topological polar surface area (TPSA) is 57.5 Å². The molecule has 0 amide bonds. The van der Waals surface area contributed by atoms with Crippen LogP contribution in [0.15, 0.2) is 0 Å². The number of aliphatic carboxylic acids is 1. The highest BCUT2D eigenvalue weighted by Crippen LogP contribution is 2.25. The Labute approximate surface area is 98.9 Å². The molecular weight excluding hydrogens is 204 g/mol. The summed E-state index contributed by atoms with van der Waals surface area (Å²) in [7, 11) is 0. The summed E-state index contributed by atoms with van der Waals surface area (Å²) >= 11 is 0. The zero-order valence-electron chi connectivity index (χ0n) is 10.8. The summed E-state index contributed by atoms with van der Waals surface area (Å²) in [5.74, 6) is -0.864. The van der Waals surface area contributed by atoms with E-state index in [1.807, 2.05) is 13.8 Å². The minimum absolute atomic E-state index is 0.141. The third kappa shape index (κ3) is 5.50. The number of aliphatic hydroxyl groups is 1. The van der Waals surface area contributed by atoms with Gasteiger partial charge in [-0.3, -0.25) is 4.79 Å². The van der Waals surface area contributed by atoms with Gasteiger partial charge in [0.25, 0.3) is 0 Å². The molecule has 0 rings (SSSR count). The maximum absolute atomic E-state index is 11.1. The van der Waals surface area contributed by atoms with Gasteiger partial charge in [0.2, 0.25) is 0 Å². The predicted molar refractivity (Wildman–Crippen MR) is 65.3 cm³/mol. The Morgan fingerprint density at radius 2 is 1.69 bits per heavy atom. The first-order valence-corrected chi connectivity index (χ1v) is 6.47. The average molecular weight is 230 g/mol. The normalized spacial score (nSPS) is 16.8. The lowest BCUT2D eigenvalue weighted by atomic mass is 9.84. The van der Waals surface area contributed by atoms with E-state index < -0.39 is 5.97 Å². The predicted octanol–water partition coefficient (Wildman–Crippen LogP) is 3.06. The van der Waals surface area contributed by atoms with E-state index >= 15 is 0 Å². The van der Waals surface area contributed by atoms with Crippen LogP contribution in [-0.2, 0) is 4.79 Å². The second kappa shape index (κ2) is 8.57. The third-order valence-electron chi connectivity index (χ3n) is 3.20. The third-order valence-corrected chi connectivity index (χ3v) is 3.20. The number of carbonyl (C=O) groups is 1. The molecule has 0 aromatic heterocycles. The molecule has 0 aliphatic carbocycles. The maximum atomic E-state index is 11.1. The Morgan fingerprint density at radius 3 is 2.06 bits per heavy atom. The van der Waals surface area contributed by atoms with Gasteiger partial charge in [-0.1, -0.05) is 33.6 Å². The van der Waals surface area contributed by atoms with E-state index in [-0.39, 0.29) is 17.9 Å². The van der Waals surface area contributed by atoms with Crippen molar-refractivity contribution in [3.63, 3.8) is 0 Å². The molecule has 0 aliphatic heterocycles. The molecular formula is C13H26O3. The minimum Gasteiger partial charge on any atom is -0.481 e. The van der Waals surface area contributed by atoms with Gasteiger partial charge in [-0.2, -0.15) is 0 Å². The van der Waals surface area contributed by atoms with Crippen LogP contribution in [0.2, 0.25) is 0 Å². The smallest absolute Gasteiger partial charge is 0.306 e. The lowest BCUT2D eigenvalue weighted by molar-refractivity contribution is -0.143. The van der Waals surface area contributed by atoms with Gasteiger partial charge in [0.15, 0.2) is 0 Å². The average Bonchev–Trinajstić information content (AvgIpc) is 2.26. The van der Waals surface area contributed by atoms with Gasteiger partial charge in [0.1, 0.15) is 0 Å². The Kier molecular flexibility index (Phi) is 8.26. The van der Waals surface area contributed by atoms with Gasteiger partial charge in [-0.15, -0.1) is 0 Å². The molecule has 3 atom stereocenters. The van der Waals surface area contributed by atoms with Crippen molar-refractivity contribution >= 4 is 5.97 Å². The first-order valence-electron chi connectivity index (χ1n) is 6.47. The molecule has 1 unspecified atom stereocenters. The number of rotatable bonds is 9. The molecule has 3 nitrogen and oxygen atoms in total. The zero-order valence-corrected chi connectivity index (χ0v) is 10.8. The Bertz CT molecular complexity index is 192. The molecule has 0 fully saturated rings. The lowest BCUT2D eigenvalue weighted by Gasteiger charge is -2.24. The molecule has 0 bridgehead atoms. The monoisotopic (exact) mass is 230 g/mol. The SMILES string of the molecule is CCCC(C[C@@H](CCC)C(=O)O)[C@@H](O)CC. The van der Waals surface area contributed by atoms with Crippen molar-refractivity contribution in [2.24, 2.45) is 11.8 Å². The number of carboxylic acid groups (broad SMARTS) is 1. The van der Waals surface area contributed by atoms with Gasteiger partial charge < -0.3 is 10.2 Å². The largest absolute Gasteiger partial charge is 0.481 e. The van der Waals surface area contributed by atoms with Crippen LogP contribution < -0.4 is 0 Å². The molecule has 0 saturated heterocycles. The van der Waals surface area contributed by atoms with Crippen LogP contribution in [-0.4, -0.2) is 22.3 Å². The fourth-order valence-corrected chi connectivity index (χ4v) is 2.23. The van der Waals surface area contributed by atoms with E-state index in [0.717, 1.165) is 19.3 Å². The Hall–Kier alpha value is -0.570. The molecule has 96 valence electrons. The zero-order chi connectivity index (χ0) is 12.6. The van der Waals surface area contributed by atoms with Crippen molar-refractivity contribution in [3.05, 3.63) is 0 Å². The summed E-state index contributed by atoms with van der Waals surface area (Å²) in [4.78, 5) is 11.1. The second-order valence-corrected chi connectivity index (χ2v) is 4.58. The van der Waals surface area contributed by atoms with Gasteiger partial charge in [-0.05, 0) is 31.6 Å². The van der Waals surface area contributed by atoms with Crippen LogP contribution in [0.3, 0.4) is 0 Å². The highest BCUT2D eigenvalue weighted by atomic mass is 16.4. The lowest BCUT2D eigenvalue weighted by Crippen LogP contribution is -2.25. The number of aliphatic hydroxyl groups excluding tert-OH is 1. The summed E-state index contributed by atoms with van der Waals surface area (Å²) in [6.45, 7) is 6.02. The van der Waals surface area contributed by atoms with E-state index in [1.165, 1.54) is 0 Å². The fourth-order valence-electron chi connectivity index (χ4n) is 2.23. The van der Waals surface area contributed by atoms with Gasteiger partial charge in [0.05, 0.1) is 12.0 Å². The summed E-state index contributed by atoms with van der Waals surface area (Å²) in [5, 5.41) is 18.9. The molecule has 0 saturated carbocycles. The summed E-state index contributed by atoms with van der Waals surface area (Å²) in [6.07, 6.45) is 4.50. The standard InChI is InChI=1S/C13H26O3/c1-4-7-10(12(14)6-3)9-11(8-5-2)13(15)16/h10-12,14H,4-9H2,1-3H3,(H,15,16)/t10?,11-,12+/m1/s1. The highest BCUT2D eigenvalue weighted by molar-refractivity contribution is 5.69. The second-order valence-electron chi connectivity index (χ2n) is 4.58. The first kappa shape index (κ1) is 15.4. The van der Waals surface area contributed by atoms with Crippen molar-refractivity contribution in [2.75, 3.05) is 0 Å². The molecule has 0 aromatic rings. The molecule has 3 heteroatoms. The van der Waals surface area contributed by atoms with Crippen molar-refractivity contribution < 1.29 is 15.0 Å². The molecule has 16 heavy (non-hydrogen) atoms. The molecule has 2 N–H and O–H groups in total.